The number of rotatable bonds is 5. The van der Waals surface area contributed by atoms with Crippen LogP contribution in [0.4, 0.5) is 5.69 Å². The highest BCUT2D eigenvalue weighted by Gasteiger charge is 2.45. The summed E-state index contributed by atoms with van der Waals surface area (Å²) >= 11 is 6.73. The first-order chi connectivity index (χ1) is 16.2. The van der Waals surface area contributed by atoms with E-state index in [1.54, 1.807) is 0 Å². The first-order valence-electron chi connectivity index (χ1n) is 12.3. The van der Waals surface area contributed by atoms with Gasteiger partial charge in [-0.25, -0.2) is 4.74 Å². The summed E-state index contributed by atoms with van der Waals surface area (Å²) in [5.74, 6) is 0. The third-order valence-electron chi connectivity index (χ3n) is 6.99. The van der Waals surface area contributed by atoms with Crippen molar-refractivity contribution in [3.63, 3.8) is 0 Å². The molecular weight excluding hydrogens is 459 g/mol. The van der Waals surface area contributed by atoms with E-state index in [-0.39, 0.29) is 5.16 Å². The summed E-state index contributed by atoms with van der Waals surface area (Å²) in [6.45, 7) is 19.2. The van der Waals surface area contributed by atoms with Crippen molar-refractivity contribution in [2.24, 2.45) is 4.74 Å². The molecular formula is C28H38ClN4P. The summed E-state index contributed by atoms with van der Waals surface area (Å²) in [7, 11) is -2.24. The summed E-state index contributed by atoms with van der Waals surface area (Å²) in [5.41, 5.74) is 4.67. The Morgan fingerprint density at radius 3 is 2.12 bits per heavy atom. The lowest BCUT2D eigenvalue weighted by Gasteiger charge is -2.49. The second-order valence-electron chi connectivity index (χ2n) is 10.2. The lowest BCUT2D eigenvalue weighted by atomic mass is 10.2. The van der Waals surface area contributed by atoms with Crippen LogP contribution in [0.5, 0.6) is 0 Å². The normalized spacial score (nSPS) is 17.5. The first-order valence-corrected chi connectivity index (χ1v) is 14.4. The summed E-state index contributed by atoms with van der Waals surface area (Å²) in [6.07, 6.45) is 2.30. The van der Waals surface area contributed by atoms with Crippen molar-refractivity contribution < 1.29 is 0 Å². The van der Waals surface area contributed by atoms with Crippen LogP contribution in [0.25, 0.3) is 5.69 Å². The Hall–Kier alpha value is -1.84. The molecule has 2 aromatic carbocycles. The monoisotopic (exact) mass is 496 g/mol. The lowest BCUT2D eigenvalue weighted by molar-refractivity contribution is 0.198. The second kappa shape index (κ2) is 10.0. The third-order valence-corrected chi connectivity index (χ3v) is 12.2. The van der Waals surface area contributed by atoms with Crippen molar-refractivity contribution >= 4 is 29.8 Å². The van der Waals surface area contributed by atoms with Gasteiger partial charge in [-0.3, -0.25) is 4.67 Å². The van der Waals surface area contributed by atoms with Gasteiger partial charge < -0.3 is 9.47 Å². The quantitative estimate of drug-likeness (QED) is 0.347. The van der Waals surface area contributed by atoms with Crippen LogP contribution in [0.15, 0.2) is 65.5 Å². The fourth-order valence-corrected chi connectivity index (χ4v) is 10.2. The maximum atomic E-state index is 6.73. The van der Waals surface area contributed by atoms with Gasteiger partial charge in [0.05, 0.1) is 17.9 Å². The fraction of sp³-hybridized carbons (Fsp3) is 0.429. The predicted molar refractivity (Wildman–Crippen MR) is 149 cm³/mol. The van der Waals surface area contributed by atoms with Crippen molar-refractivity contribution in [2.75, 3.05) is 32.7 Å². The standard InChI is InChI=1S/C28H38ClN4P/c1-7-31-17-19-32(20-18-31)34(28(4,5)6,30-26-16-12-11-15-25(26)29)27-22(2)21-33(23(27)3)24-13-9-8-10-14-24/h8-16,21H,7,17-20H2,1-6H3. The second-order valence-corrected chi connectivity index (χ2v) is 14.3. The number of benzene rings is 2. The van der Waals surface area contributed by atoms with Gasteiger partial charge in [-0.15, -0.1) is 0 Å². The van der Waals surface area contributed by atoms with Crippen molar-refractivity contribution in [3.05, 3.63) is 77.1 Å². The molecule has 1 aliphatic rings. The average molecular weight is 497 g/mol. The number of para-hydroxylation sites is 1. The molecule has 4 nitrogen and oxygen atoms in total. The summed E-state index contributed by atoms with van der Waals surface area (Å²) in [5, 5.41) is 2.05. The van der Waals surface area contributed by atoms with Crippen LogP contribution in [0.2, 0.25) is 5.02 Å². The number of halogens is 1. The van der Waals surface area contributed by atoms with Gasteiger partial charge in [0.1, 0.15) is 0 Å². The Bertz CT molecular complexity index is 1180. The molecule has 1 saturated heterocycles. The van der Waals surface area contributed by atoms with Crippen LogP contribution in [-0.2, 0) is 0 Å². The van der Waals surface area contributed by atoms with Crippen molar-refractivity contribution in [2.45, 2.75) is 46.7 Å². The van der Waals surface area contributed by atoms with Crippen molar-refractivity contribution in [1.29, 1.82) is 0 Å². The van der Waals surface area contributed by atoms with E-state index in [1.165, 1.54) is 22.2 Å². The Balaban J connectivity index is 2.03. The number of likely N-dealkylation sites (N-methyl/N-ethyl adjacent to an activating group) is 1. The molecule has 0 N–H and O–H groups in total. The summed E-state index contributed by atoms with van der Waals surface area (Å²) in [6, 6.07) is 18.7. The van der Waals surface area contributed by atoms with E-state index in [4.69, 9.17) is 16.3 Å². The Kier molecular flexibility index (Phi) is 7.45. The van der Waals surface area contributed by atoms with Gasteiger partial charge in [-0.05, 0) is 50.2 Å². The van der Waals surface area contributed by atoms with Gasteiger partial charge >= 0.3 is 0 Å². The molecule has 1 aromatic heterocycles. The minimum absolute atomic E-state index is 0.0705. The number of nitrogens with zero attached hydrogens (tertiary/aromatic N) is 4. The molecule has 34 heavy (non-hydrogen) atoms. The SMILES string of the molecule is CCN1CCN(P(=Nc2ccccc2Cl)(c2c(C)cn(-c3ccccc3)c2C)C(C)(C)C)CC1. The van der Waals surface area contributed by atoms with E-state index in [0.29, 0.717) is 0 Å². The zero-order valence-electron chi connectivity index (χ0n) is 21.4. The van der Waals surface area contributed by atoms with Gasteiger partial charge in [0.2, 0.25) is 0 Å². The van der Waals surface area contributed by atoms with Crippen molar-refractivity contribution in [3.8, 4) is 5.69 Å². The fourth-order valence-electron chi connectivity index (χ4n) is 5.28. The number of hydrogen-bond acceptors (Lipinski definition) is 2. The highest BCUT2D eigenvalue weighted by molar-refractivity contribution is 7.73. The van der Waals surface area contributed by atoms with Gasteiger partial charge in [-0.2, -0.15) is 0 Å². The van der Waals surface area contributed by atoms with E-state index in [2.05, 4.69) is 98.3 Å². The molecule has 1 unspecified atom stereocenters. The van der Waals surface area contributed by atoms with E-state index in [0.717, 1.165) is 43.4 Å². The van der Waals surface area contributed by atoms with Gasteiger partial charge in [0.25, 0.3) is 0 Å². The molecule has 1 atom stereocenters. The Morgan fingerprint density at radius 2 is 1.53 bits per heavy atom. The van der Waals surface area contributed by atoms with Crippen molar-refractivity contribution in [1.82, 2.24) is 14.1 Å². The highest BCUT2D eigenvalue weighted by atomic mass is 35.5. The Morgan fingerprint density at radius 1 is 0.912 bits per heavy atom. The minimum atomic E-state index is -2.24. The molecule has 3 aromatic rings. The molecule has 0 radical (unpaired) electrons. The third kappa shape index (κ3) is 4.54. The van der Waals surface area contributed by atoms with E-state index < -0.39 is 7.21 Å². The smallest absolute Gasteiger partial charge is 0.0819 e. The molecule has 0 amide bonds. The topological polar surface area (TPSA) is 23.8 Å². The minimum Gasteiger partial charge on any atom is -0.320 e. The molecule has 0 aliphatic carbocycles. The van der Waals surface area contributed by atoms with Crippen LogP contribution in [0, 0.1) is 13.8 Å². The van der Waals surface area contributed by atoms with E-state index >= 15 is 0 Å². The van der Waals surface area contributed by atoms with E-state index in [9.17, 15) is 0 Å². The van der Waals surface area contributed by atoms with Gasteiger partial charge in [0, 0.05) is 54.2 Å². The molecule has 1 fully saturated rings. The molecule has 0 saturated carbocycles. The summed E-state index contributed by atoms with van der Waals surface area (Å²) in [4.78, 5) is 2.54. The number of piperazine rings is 1. The molecule has 0 bridgehead atoms. The number of aryl methyl sites for hydroxylation is 1. The van der Waals surface area contributed by atoms with Crippen LogP contribution in [0.3, 0.4) is 0 Å². The van der Waals surface area contributed by atoms with Crippen LogP contribution >= 0.6 is 18.8 Å². The van der Waals surface area contributed by atoms with E-state index in [1.807, 2.05) is 18.2 Å². The number of hydrogen-bond donors (Lipinski definition) is 0. The molecule has 2 heterocycles. The van der Waals surface area contributed by atoms with Crippen LogP contribution in [0.1, 0.15) is 39.0 Å². The maximum Gasteiger partial charge on any atom is 0.0819 e. The Labute approximate surface area is 210 Å². The van der Waals surface area contributed by atoms with Gasteiger partial charge in [-0.1, -0.05) is 69.6 Å². The van der Waals surface area contributed by atoms with Gasteiger partial charge in [0.15, 0.2) is 0 Å². The van der Waals surface area contributed by atoms with Crippen LogP contribution < -0.4 is 5.30 Å². The number of aromatic nitrogens is 1. The highest BCUT2D eigenvalue weighted by Crippen LogP contribution is 2.65. The molecule has 6 heteroatoms. The lowest BCUT2D eigenvalue weighted by Crippen LogP contribution is -2.49. The van der Waals surface area contributed by atoms with Crippen LogP contribution in [-0.4, -0.2) is 52.0 Å². The molecule has 1 aliphatic heterocycles. The zero-order valence-corrected chi connectivity index (χ0v) is 23.1. The zero-order chi connectivity index (χ0) is 24.5. The molecule has 182 valence electrons. The molecule has 0 spiro atoms. The maximum absolute atomic E-state index is 6.73. The largest absolute Gasteiger partial charge is 0.320 e. The predicted octanol–water partition coefficient (Wildman–Crippen LogP) is 7.26. The summed E-state index contributed by atoms with van der Waals surface area (Å²) < 4.78 is 10.8. The first kappa shape index (κ1) is 25.3. The average Bonchev–Trinajstić information content (AvgIpc) is 3.12. The molecule has 4 rings (SSSR count).